The minimum absolute atomic E-state index is 0.146. The van der Waals surface area contributed by atoms with Crippen LogP contribution in [0.3, 0.4) is 0 Å². The average molecular weight is 289 g/mol. The van der Waals surface area contributed by atoms with Gasteiger partial charge in [0.1, 0.15) is 0 Å². The van der Waals surface area contributed by atoms with Crippen molar-refractivity contribution in [2.24, 2.45) is 10.9 Å². The fraction of sp³-hybridized carbons (Fsp3) is 0.267. The van der Waals surface area contributed by atoms with Crippen molar-refractivity contribution in [1.29, 1.82) is 0 Å². The molecule has 0 saturated heterocycles. The Morgan fingerprint density at radius 1 is 1.25 bits per heavy atom. The molecule has 4 N–H and O–H groups in total. The number of rotatable bonds is 6. The largest absolute Gasteiger partial charge is 0.409 e. The van der Waals surface area contributed by atoms with Crippen LogP contribution >= 0.6 is 11.3 Å². The summed E-state index contributed by atoms with van der Waals surface area (Å²) in [4.78, 5) is 1.37. The van der Waals surface area contributed by atoms with Gasteiger partial charge in [0, 0.05) is 23.5 Å². The van der Waals surface area contributed by atoms with E-state index in [-0.39, 0.29) is 5.84 Å². The van der Waals surface area contributed by atoms with E-state index in [9.17, 15) is 0 Å². The van der Waals surface area contributed by atoms with Gasteiger partial charge in [-0.1, -0.05) is 36.3 Å². The summed E-state index contributed by atoms with van der Waals surface area (Å²) in [5.41, 5.74) is 8.87. The molecule has 0 bridgehead atoms. The first-order chi connectivity index (χ1) is 9.76. The summed E-state index contributed by atoms with van der Waals surface area (Å²) in [6.45, 7) is 3.69. The van der Waals surface area contributed by atoms with Crippen LogP contribution in [0.1, 0.15) is 28.5 Å². The molecule has 1 aromatic carbocycles. The Bertz CT molecular complexity index is 592. The van der Waals surface area contributed by atoms with Crippen molar-refractivity contribution in [1.82, 2.24) is 5.32 Å². The summed E-state index contributed by atoms with van der Waals surface area (Å²) in [5.74, 6) is 0.146. The van der Waals surface area contributed by atoms with E-state index in [0.717, 1.165) is 24.1 Å². The lowest BCUT2D eigenvalue weighted by atomic mass is 10.1. The van der Waals surface area contributed by atoms with Crippen molar-refractivity contribution in [3.63, 3.8) is 0 Å². The number of aryl methyl sites for hydroxylation is 1. The number of nitrogens with one attached hydrogen (secondary N) is 1. The van der Waals surface area contributed by atoms with Crippen molar-refractivity contribution in [3.8, 4) is 0 Å². The summed E-state index contributed by atoms with van der Waals surface area (Å²) in [7, 11) is 0. The second-order valence-electron chi connectivity index (χ2n) is 4.47. The van der Waals surface area contributed by atoms with Crippen LogP contribution in [0.2, 0.25) is 0 Å². The molecule has 0 saturated carbocycles. The molecule has 2 aromatic rings. The van der Waals surface area contributed by atoms with Crippen molar-refractivity contribution in [2.75, 3.05) is 0 Å². The first-order valence-electron chi connectivity index (χ1n) is 6.58. The van der Waals surface area contributed by atoms with Crippen LogP contribution in [0.15, 0.2) is 40.9 Å². The molecular formula is C15H19N3OS. The van der Waals surface area contributed by atoms with Crippen LogP contribution in [0, 0.1) is 0 Å². The molecule has 0 amide bonds. The van der Waals surface area contributed by atoms with Crippen molar-refractivity contribution >= 4 is 17.2 Å². The molecule has 0 radical (unpaired) electrons. The second kappa shape index (κ2) is 7.07. The highest BCUT2D eigenvalue weighted by atomic mass is 32.1. The van der Waals surface area contributed by atoms with Crippen LogP contribution in [-0.4, -0.2) is 11.0 Å². The zero-order valence-corrected chi connectivity index (χ0v) is 12.3. The normalized spacial score (nSPS) is 11.8. The number of nitrogens with two attached hydrogens (primary N) is 1. The van der Waals surface area contributed by atoms with E-state index in [0.29, 0.717) is 6.54 Å². The molecule has 1 aromatic heterocycles. The lowest BCUT2D eigenvalue weighted by Gasteiger charge is -2.09. The Hall–Kier alpha value is -1.85. The van der Waals surface area contributed by atoms with E-state index in [4.69, 9.17) is 10.9 Å². The molecular weight excluding hydrogens is 270 g/mol. The number of nitrogens with zero attached hydrogens (tertiary/aromatic N) is 1. The molecule has 0 unspecified atom stereocenters. The fourth-order valence-corrected chi connectivity index (χ4v) is 3.07. The van der Waals surface area contributed by atoms with Gasteiger partial charge in [0.15, 0.2) is 5.84 Å². The molecule has 20 heavy (non-hydrogen) atoms. The minimum atomic E-state index is 0.146. The molecule has 0 fully saturated rings. The van der Waals surface area contributed by atoms with Gasteiger partial charge >= 0.3 is 0 Å². The first kappa shape index (κ1) is 14.6. The first-order valence-corrected chi connectivity index (χ1v) is 7.46. The smallest absolute Gasteiger partial charge is 0.170 e. The van der Waals surface area contributed by atoms with Gasteiger partial charge in [-0.15, -0.1) is 11.3 Å². The standard InChI is InChI=1S/C15H19N3OS/c1-2-11-7-8-20-14(11)10-17-9-12-5-3-4-6-13(12)15(16)18-19/h3-8,17,19H,2,9-10H2,1H3,(H2,16,18). The quantitative estimate of drug-likeness (QED) is 0.331. The van der Waals surface area contributed by atoms with Crippen LogP contribution in [0.5, 0.6) is 0 Å². The van der Waals surface area contributed by atoms with Gasteiger partial charge in [0.25, 0.3) is 0 Å². The number of thiophene rings is 1. The predicted octanol–water partition coefficient (Wildman–Crippen LogP) is 2.69. The zero-order chi connectivity index (χ0) is 14.4. The molecule has 106 valence electrons. The van der Waals surface area contributed by atoms with Gasteiger partial charge < -0.3 is 16.3 Å². The van der Waals surface area contributed by atoms with Crippen LogP contribution < -0.4 is 11.1 Å². The topological polar surface area (TPSA) is 70.6 Å². The summed E-state index contributed by atoms with van der Waals surface area (Å²) >= 11 is 1.77. The third-order valence-electron chi connectivity index (χ3n) is 3.22. The monoisotopic (exact) mass is 289 g/mol. The van der Waals surface area contributed by atoms with E-state index in [1.807, 2.05) is 24.3 Å². The molecule has 0 aliphatic heterocycles. The van der Waals surface area contributed by atoms with Crippen molar-refractivity contribution < 1.29 is 5.21 Å². The maximum atomic E-state index is 8.80. The van der Waals surface area contributed by atoms with E-state index in [2.05, 4.69) is 28.8 Å². The SMILES string of the molecule is CCc1ccsc1CNCc1ccccc1/C(N)=N/O. The zero-order valence-electron chi connectivity index (χ0n) is 11.5. The molecule has 0 atom stereocenters. The highest BCUT2D eigenvalue weighted by Crippen LogP contribution is 2.17. The van der Waals surface area contributed by atoms with Crippen LogP contribution in [0.25, 0.3) is 0 Å². The Kier molecular flexibility index (Phi) is 5.15. The van der Waals surface area contributed by atoms with Gasteiger partial charge in [-0.3, -0.25) is 0 Å². The third kappa shape index (κ3) is 3.37. The fourth-order valence-electron chi connectivity index (χ4n) is 2.13. The van der Waals surface area contributed by atoms with Crippen LogP contribution in [0.4, 0.5) is 0 Å². The van der Waals surface area contributed by atoms with E-state index in [1.165, 1.54) is 10.4 Å². The van der Waals surface area contributed by atoms with Gasteiger partial charge in [-0.2, -0.15) is 0 Å². The van der Waals surface area contributed by atoms with Gasteiger partial charge in [-0.05, 0) is 29.0 Å². The number of hydrogen-bond acceptors (Lipinski definition) is 4. The second-order valence-corrected chi connectivity index (χ2v) is 5.47. The molecule has 5 heteroatoms. The van der Waals surface area contributed by atoms with Crippen molar-refractivity contribution in [3.05, 3.63) is 57.3 Å². The summed E-state index contributed by atoms with van der Waals surface area (Å²) in [6.07, 6.45) is 1.06. The molecule has 0 aliphatic rings. The lowest BCUT2D eigenvalue weighted by molar-refractivity contribution is 0.318. The van der Waals surface area contributed by atoms with E-state index < -0.39 is 0 Å². The predicted molar refractivity (Wildman–Crippen MR) is 83.2 cm³/mol. The van der Waals surface area contributed by atoms with E-state index in [1.54, 1.807) is 11.3 Å². The number of amidine groups is 1. The molecule has 4 nitrogen and oxygen atoms in total. The summed E-state index contributed by atoms with van der Waals surface area (Å²) < 4.78 is 0. The lowest BCUT2D eigenvalue weighted by Crippen LogP contribution is -2.19. The highest BCUT2D eigenvalue weighted by molar-refractivity contribution is 7.10. The molecule has 0 spiro atoms. The third-order valence-corrected chi connectivity index (χ3v) is 4.18. The number of oxime groups is 1. The maximum Gasteiger partial charge on any atom is 0.170 e. The minimum Gasteiger partial charge on any atom is -0.409 e. The Labute approximate surface area is 122 Å². The summed E-state index contributed by atoms with van der Waals surface area (Å²) in [6, 6.07) is 9.84. The van der Waals surface area contributed by atoms with E-state index >= 15 is 0 Å². The summed E-state index contributed by atoms with van der Waals surface area (Å²) in [5, 5.41) is 17.4. The Morgan fingerprint density at radius 2 is 2.05 bits per heavy atom. The average Bonchev–Trinajstić information content (AvgIpc) is 2.94. The van der Waals surface area contributed by atoms with Gasteiger partial charge in [0.05, 0.1) is 0 Å². The maximum absolute atomic E-state index is 8.80. The number of benzene rings is 1. The highest BCUT2D eigenvalue weighted by Gasteiger charge is 2.07. The van der Waals surface area contributed by atoms with Crippen LogP contribution in [-0.2, 0) is 19.5 Å². The van der Waals surface area contributed by atoms with Crippen molar-refractivity contribution in [2.45, 2.75) is 26.4 Å². The Morgan fingerprint density at radius 3 is 2.80 bits per heavy atom. The molecule has 0 aliphatic carbocycles. The van der Waals surface area contributed by atoms with Gasteiger partial charge in [-0.25, -0.2) is 0 Å². The number of hydrogen-bond donors (Lipinski definition) is 3. The molecule has 2 rings (SSSR count). The van der Waals surface area contributed by atoms with Gasteiger partial charge in [0.2, 0.25) is 0 Å². The molecule has 1 heterocycles. The Balaban J connectivity index is 2.01.